The minimum absolute atomic E-state index is 0.0377. The molecule has 0 aliphatic heterocycles. The Balaban J connectivity index is 2.00. The van der Waals surface area contributed by atoms with E-state index >= 15 is 0 Å². The number of nitrogens with zero attached hydrogens (tertiary/aromatic N) is 1. The Morgan fingerprint density at radius 2 is 2.09 bits per heavy atom. The van der Waals surface area contributed by atoms with Crippen molar-refractivity contribution >= 4 is 40.3 Å². The Bertz CT molecular complexity index is 768. The largest absolute Gasteiger partial charge is 0.508 e. The minimum atomic E-state index is -0.520. The molecule has 0 atom stereocenters. The highest BCUT2D eigenvalue weighted by Crippen LogP contribution is 2.23. The molecule has 0 saturated carbocycles. The lowest BCUT2D eigenvalue weighted by Gasteiger charge is -2.12. The maximum atomic E-state index is 10.8. The minimum Gasteiger partial charge on any atom is -0.508 e. The number of nitrogens with one attached hydrogen (secondary N) is 2. The van der Waals surface area contributed by atoms with E-state index in [2.05, 4.69) is 10.6 Å². The standard InChI is InChI=1S/C15H14ClN3O3S/c1-9-2-3-11(7-13(9)16)18-15(23)17-8-10-6-12(19(21)22)4-5-14(10)20/h2-7,20H,8H2,1H3,(H2,17,18,23). The van der Waals surface area contributed by atoms with Gasteiger partial charge in [-0.25, -0.2) is 0 Å². The molecule has 0 aliphatic carbocycles. The summed E-state index contributed by atoms with van der Waals surface area (Å²) in [6.45, 7) is 2.05. The van der Waals surface area contributed by atoms with Crippen molar-refractivity contribution in [3.63, 3.8) is 0 Å². The maximum Gasteiger partial charge on any atom is 0.270 e. The molecule has 2 aromatic carbocycles. The Hall–Kier alpha value is -2.38. The Labute approximate surface area is 143 Å². The number of aryl methyl sites for hydroxylation is 1. The van der Waals surface area contributed by atoms with Gasteiger partial charge in [-0.1, -0.05) is 17.7 Å². The van der Waals surface area contributed by atoms with Crippen LogP contribution in [0.25, 0.3) is 0 Å². The van der Waals surface area contributed by atoms with Gasteiger partial charge in [0.25, 0.3) is 5.69 Å². The fourth-order valence-electron chi connectivity index (χ4n) is 1.85. The van der Waals surface area contributed by atoms with Gasteiger partial charge in [0.15, 0.2) is 5.11 Å². The fourth-order valence-corrected chi connectivity index (χ4v) is 2.22. The molecule has 0 radical (unpaired) electrons. The van der Waals surface area contributed by atoms with E-state index in [9.17, 15) is 15.2 Å². The average molecular weight is 352 g/mol. The normalized spacial score (nSPS) is 10.2. The van der Waals surface area contributed by atoms with E-state index in [0.29, 0.717) is 15.7 Å². The zero-order valence-corrected chi connectivity index (χ0v) is 13.7. The second-order valence-corrected chi connectivity index (χ2v) is 5.66. The molecule has 0 heterocycles. The van der Waals surface area contributed by atoms with Gasteiger partial charge in [-0.2, -0.15) is 0 Å². The fraction of sp³-hybridized carbons (Fsp3) is 0.133. The number of hydrogen-bond acceptors (Lipinski definition) is 4. The van der Waals surface area contributed by atoms with Crippen LogP contribution in [0, 0.1) is 17.0 Å². The van der Waals surface area contributed by atoms with Crippen molar-refractivity contribution in [3.8, 4) is 5.75 Å². The van der Waals surface area contributed by atoms with Crippen molar-refractivity contribution in [3.05, 3.63) is 62.7 Å². The number of non-ortho nitro benzene ring substituents is 1. The first-order chi connectivity index (χ1) is 10.9. The van der Waals surface area contributed by atoms with E-state index in [1.54, 1.807) is 6.07 Å². The van der Waals surface area contributed by atoms with E-state index in [4.69, 9.17) is 23.8 Å². The van der Waals surface area contributed by atoms with E-state index in [-0.39, 0.29) is 18.0 Å². The molecule has 0 bridgehead atoms. The van der Waals surface area contributed by atoms with Gasteiger partial charge < -0.3 is 15.7 Å². The molecule has 0 aromatic heterocycles. The van der Waals surface area contributed by atoms with Crippen molar-refractivity contribution in [1.29, 1.82) is 0 Å². The summed E-state index contributed by atoms with van der Waals surface area (Å²) in [7, 11) is 0. The van der Waals surface area contributed by atoms with Crippen molar-refractivity contribution in [2.75, 3.05) is 5.32 Å². The molecular weight excluding hydrogens is 338 g/mol. The topological polar surface area (TPSA) is 87.4 Å². The van der Waals surface area contributed by atoms with Crippen molar-refractivity contribution in [2.24, 2.45) is 0 Å². The second-order valence-electron chi connectivity index (χ2n) is 4.84. The number of phenols is 1. The molecule has 6 nitrogen and oxygen atoms in total. The lowest BCUT2D eigenvalue weighted by molar-refractivity contribution is -0.384. The summed E-state index contributed by atoms with van der Waals surface area (Å²) in [5, 5.41) is 27.3. The molecule has 8 heteroatoms. The van der Waals surface area contributed by atoms with Crippen LogP contribution in [0.5, 0.6) is 5.75 Å². The molecule has 2 rings (SSSR count). The Morgan fingerprint density at radius 3 is 2.74 bits per heavy atom. The van der Waals surface area contributed by atoms with Crippen LogP contribution in [0.1, 0.15) is 11.1 Å². The summed E-state index contributed by atoms with van der Waals surface area (Å²) in [6, 6.07) is 9.26. The zero-order chi connectivity index (χ0) is 17.0. The average Bonchev–Trinajstić information content (AvgIpc) is 2.50. The molecule has 2 aromatic rings. The summed E-state index contributed by atoms with van der Waals surface area (Å²) in [6.07, 6.45) is 0. The molecule has 3 N–H and O–H groups in total. The van der Waals surface area contributed by atoms with Gasteiger partial charge in [-0.15, -0.1) is 0 Å². The summed E-state index contributed by atoms with van der Waals surface area (Å²) < 4.78 is 0. The number of phenolic OH excluding ortho intramolecular Hbond substituents is 1. The number of benzene rings is 2. The highest BCUT2D eigenvalue weighted by molar-refractivity contribution is 7.80. The van der Waals surface area contributed by atoms with Crippen LogP contribution in [0.3, 0.4) is 0 Å². The number of aromatic hydroxyl groups is 1. The van der Waals surface area contributed by atoms with Crippen molar-refractivity contribution in [2.45, 2.75) is 13.5 Å². The van der Waals surface area contributed by atoms with Gasteiger partial charge in [-0.3, -0.25) is 10.1 Å². The first-order valence-electron chi connectivity index (χ1n) is 6.64. The number of rotatable bonds is 4. The molecule has 0 fully saturated rings. The number of nitro benzene ring substituents is 1. The van der Waals surface area contributed by atoms with Crippen LogP contribution in [-0.4, -0.2) is 15.1 Å². The summed E-state index contributed by atoms with van der Waals surface area (Å²) >= 11 is 11.2. The SMILES string of the molecule is Cc1ccc(NC(=S)NCc2cc([N+](=O)[O-])ccc2O)cc1Cl. The molecular formula is C15H14ClN3O3S. The lowest BCUT2D eigenvalue weighted by atomic mass is 10.2. The molecule has 120 valence electrons. The van der Waals surface area contributed by atoms with Gasteiger partial charge in [0.1, 0.15) is 5.75 Å². The third kappa shape index (κ3) is 4.54. The van der Waals surface area contributed by atoms with Gasteiger partial charge in [0.05, 0.1) is 4.92 Å². The highest BCUT2D eigenvalue weighted by Gasteiger charge is 2.10. The zero-order valence-electron chi connectivity index (χ0n) is 12.2. The third-order valence-electron chi connectivity index (χ3n) is 3.14. The van der Waals surface area contributed by atoms with Crippen LogP contribution < -0.4 is 10.6 Å². The van der Waals surface area contributed by atoms with Gasteiger partial charge in [-0.05, 0) is 42.9 Å². The van der Waals surface area contributed by atoms with Crippen LogP contribution in [0.2, 0.25) is 5.02 Å². The number of hydrogen-bond donors (Lipinski definition) is 3. The van der Waals surface area contributed by atoms with Crippen LogP contribution >= 0.6 is 23.8 Å². The quantitative estimate of drug-likeness (QED) is 0.442. The van der Waals surface area contributed by atoms with Crippen LogP contribution in [0.15, 0.2) is 36.4 Å². The third-order valence-corrected chi connectivity index (χ3v) is 3.80. The predicted molar refractivity (Wildman–Crippen MR) is 94.0 cm³/mol. The Kier molecular flexibility index (Phi) is 5.36. The summed E-state index contributed by atoms with van der Waals surface area (Å²) in [5.74, 6) is -0.0377. The predicted octanol–water partition coefficient (Wildman–Crippen LogP) is 3.75. The lowest BCUT2D eigenvalue weighted by Crippen LogP contribution is -2.27. The van der Waals surface area contributed by atoms with E-state index in [1.807, 2.05) is 19.1 Å². The molecule has 0 saturated heterocycles. The first kappa shape index (κ1) is 17.0. The monoisotopic (exact) mass is 351 g/mol. The first-order valence-corrected chi connectivity index (χ1v) is 7.42. The van der Waals surface area contributed by atoms with Crippen molar-refractivity contribution < 1.29 is 10.0 Å². The smallest absolute Gasteiger partial charge is 0.270 e. The Morgan fingerprint density at radius 1 is 1.35 bits per heavy atom. The van der Waals surface area contributed by atoms with Crippen LogP contribution in [-0.2, 0) is 6.54 Å². The highest BCUT2D eigenvalue weighted by atomic mass is 35.5. The molecule has 23 heavy (non-hydrogen) atoms. The molecule has 0 spiro atoms. The van der Waals surface area contributed by atoms with E-state index in [0.717, 1.165) is 11.3 Å². The molecule has 0 aliphatic rings. The number of anilines is 1. The summed E-state index contributed by atoms with van der Waals surface area (Å²) in [5.41, 5.74) is 1.97. The number of nitro groups is 1. The van der Waals surface area contributed by atoms with Gasteiger partial charge >= 0.3 is 0 Å². The summed E-state index contributed by atoms with van der Waals surface area (Å²) in [4.78, 5) is 10.2. The second kappa shape index (κ2) is 7.26. The van der Waals surface area contributed by atoms with E-state index in [1.165, 1.54) is 18.2 Å². The van der Waals surface area contributed by atoms with Crippen molar-refractivity contribution in [1.82, 2.24) is 5.32 Å². The van der Waals surface area contributed by atoms with E-state index < -0.39 is 4.92 Å². The van der Waals surface area contributed by atoms with Crippen LogP contribution in [0.4, 0.5) is 11.4 Å². The molecule has 0 amide bonds. The van der Waals surface area contributed by atoms with Gasteiger partial charge in [0, 0.05) is 35.0 Å². The maximum absolute atomic E-state index is 10.8. The molecule has 0 unspecified atom stereocenters. The van der Waals surface area contributed by atoms with Gasteiger partial charge in [0.2, 0.25) is 0 Å². The number of halogens is 1. The number of thiocarbonyl (C=S) groups is 1.